The van der Waals surface area contributed by atoms with Crippen molar-refractivity contribution >= 4 is 28.9 Å². The summed E-state index contributed by atoms with van der Waals surface area (Å²) in [5.74, 6) is 1.27. The van der Waals surface area contributed by atoms with Crippen LogP contribution in [0.3, 0.4) is 0 Å². The van der Waals surface area contributed by atoms with E-state index in [0.717, 1.165) is 17.1 Å². The summed E-state index contributed by atoms with van der Waals surface area (Å²) in [7, 11) is 0. The van der Waals surface area contributed by atoms with Gasteiger partial charge in [-0.2, -0.15) is 4.98 Å². The normalized spacial score (nSPS) is 10.2. The van der Waals surface area contributed by atoms with Crippen molar-refractivity contribution in [2.24, 2.45) is 0 Å². The molecule has 0 radical (unpaired) electrons. The van der Waals surface area contributed by atoms with Crippen LogP contribution >= 0.6 is 0 Å². The number of anilines is 4. The number of para-hydroxylation sites is 1. The molecule has 0 aliphatic rings. The number of hydrogen-bond acceptors (Lipinski definition) is 5. The first-order chi connectivity index (χ1) is 11.6. The van der Waals surface area contributed by atoms with E-state index in [2.05, 4.69) is 20.6 Å². The minimum Gasteiger partial charge on any atom is -0.340 e. The zero-order valence-corrected chi connectivity index (χ0v) is 13.6. The topological polar surface area (TPSA) is 66.9 Å². The molecule has 0 saturated heterocycles. The third-order valence-corrected chi connectivity index (χ3v) is 3.45. The van der Waals surface area contributed by atoms with Crippen molar-refractivity contribution in [3.8, 4) is 0 Å². The first kappa shape index (κ1) is 15.7. The summed E-state index contributed by atoms with van der Waals surface area (Å²) >= 11 is 0. The molecule has 0 saturated carbocycles. The first-order valence-corrected chi connectivity index (χ1v) is 7.66. The zero-order valence-electron chi connectivity index (χ0n) is 13.6. The van der Waals surface area contributed by atoms with Crippen LogP contribution in [0.15, 0.2) is 60.7 Å². The Balaban J connectivity index is 1.79. The Labute approximate surface area is 140 Å². The smallest absolute Gasteiger partial charge is 0.229 e. The molecule has 2 aromatic carbocycles. The van der Waals surface area contributed by atoms with Crippen molar-refractivity contribution in [1.82, 2.24) is 9.97 Å². The van der Waals surface area contributed by atoms with Crippen molar-refractivity contribution in [3.05, 3.63) is 71.9 Å². The lowest BCUT2D eigenvalue weighted by Gasteiger charge is -2.10. The average Bonchev–Trinajstić information content (AvgIpc) is 2.55. The molecule has 24 heavy (non-hydrogen) atoms. The van der Waals surface area contributed by atoms with Gasteiger partial charge in [-0.3, -0.25) is 4.79 Å². The van der Waals surface area contributed by atoms with Crippen LogP contribution in [0.4, 0.5) is 23.1 Å². The SMILES string of the molecule is CC(=O)c1ccc(Nc2cc(C)nc(Nc3ccccc3)n2)cc1. The van der Waals surface area contributed by atoms with E-state index in [1.807, 2.05) is 55.5 Å². The molecule has 0 fully saturated rings. The molecule has 0 aliphatic heterocycles. The second kappa shape index (κ2) is 6.91. The van der Waals surface area contributed by atoms with Crippen molar-refractivity contribution < 1.29 is 4.79 Å². The zero-order chi connectivity index (χ0) is 16.9. The number of carbonyl (C=O) groups excluding carboxylic acids is 1. The predicted octanol–water partition coefficient (Wildman–Crippen LogP) is 4.47. The van der Waals surface area contributed by atoms with Crippen LogP contribution < -0.4 is 10.6 Å². The van der Waals surface area contributed by atoms with Crippen LogP contribution in [0, 0.1) is 6.92 Å². The number of ketones is 1. The van der Waals surface area contributed by atoms with E-state index in [-0.39, 0.29) is 5.78 Å². The Bertz CT molecular complexity index is 845. The van der Waals surface area contributed by atoms with Crippen LogP contribution in [-0.2, 0) is 0 Å². The van der Waals surface area contributed by atoms with Gasteiger partial charge in [0.1, 0.15) is 5.82 Å². The Morgan fingerprint density at radius 1 is 0.875 bits per heavy atom. The third-order valence-electron chi connectivity index (χ3n) is 3.45. The molecule has 5 nitrogen and oxygen atoms in total. The van der Waals surface area contributed by atoms with Gasteiger partial charge in [-0.15, -0.1) is 0 Å². The van der Waals surface area contributed by atoms with Crippen LogP contribution in [0.1, 0.15) is 23.0 Å². The van der Waals surface area contributed by atoms with E-state index in [4.69, 9.17) is 0 Å². The molecule has 120 valence electrons. The number of benzene rings is 2. The second-order valence-corrected chi connectivity index (χ2v) is 5.47. The summed E-state index contributed by atoms with van der Waals surface area (Å²) in [4.78, 5) is 20.2. The highest BCUT2D eigenvalue weighted by Crippen LogP contribution is 2.19. The van der Waals surface area contributed by atoms with Gasteiger partial charge in [0, 0.05) is 28.7 Å². The molecule has 5 heteroatoms. The predicted molar refractivity (Wildman–Crippen MR) is 96.2 cm³/mol. The Morgan fingerprint density at radius 2 is 1.54 bits per heavy atom. The molecule has 1 aromatic heterocycles. The maximum absolute atomic E-state index is 11.3. The number of rotatable bonds is 5. The Kier molecular flexibility index (Phi) is 4.52. The summed E-state index contributed by atoms with van der Waals surface area (Å²) in [5.41, 5.74) is 3.33. The largest absolute Gasteiger partial charge is 0.340 e. The lowest BCUT2D eigenvalue weighted by atomic mass is 10.1. The maximum atomic E-state index is 11.3. The van der Waals surface area contributed by atoms with Crippen molar-refractivity contribution in [1.29, 1.82) is 0 Å². The van der Waals surface area contributed by atoms with Crippen LogP contribution in [-0.4, -0.2) is 15.8 Å². The van der Waals surface area contributed by atoms with Gasteiger partial charge in [0.25, 0.3) is 0 Å². The van der Waals surface area contributed by atoms with E-state index in [1.54, 1.807) is 19.1 Å². The summed E-state index contributed by atoms with van der Waals surface area (Å²) < 4.78 is 0. The van der Waals surface area contributed by atoms with Gasteiger partial charge < -0.3 is 10.6 Å². The van der Waals surface area contributed by atoms with E-state index in [1.165, 1.54) is 0 Å². The molecule has 3 rings (SSSR count). The highest BCUT2D eigenvalue weighted by molar-refractivity contribution is 5.94. The van der Waals surface area contributed by atoms with Gasteiger partial charge in [0.15, 0.2) is 5.78 Å². The minimum atomic E-state index is 0.0498. The highest BCUT2D eigenvalue weighted by atomic mass is 16.1. The second-order valence-electron chi connectivity index (χ2n) is 5.47. The Morgan fingerprint density at radius 3 is 2.21 bits per heavy atom. The molecular formula is C19H18N4O. The summed E-state index contributed by atoms with van der Waals surface area (Å²) in [6.07, 6.45) is 0. The van der Waals surface area contributed by atoms with Crippen molar-refractivity contribution in [3.63, 3.8) is 0 Å². The van der Waals surface area contributed by atoms with Crippen LogP contribution in [0.2, 0.25) is 0 Å². The summed E-state index contributed by atoms with van der Waals surface area (Å²) in [6.45, 7) is 3.47. The fraction of sp³-hybridized carbons (Fsp3) is 0.105. The lowest BCUT2D eigenvalue weighted by Crippen LogP contribution is -2.02. The molecule has 0 amide bonds. The molecule has 0 bridgehead atoms. The molecule has 0 spiro atoms. The molecule has 0 atom stereocenters. The van der Waals surface area contributed by atoms with E-state index < -0.39 is 0 Å². The van der Waals surface area contributed by atoms with Crippen molar-refractivity contribution in [2.45, 2.75) is 13.8 Å². The van der Waals surface area contributed by atoms with E-state index in [0.29, 0.717) is 17.3 Å². The number of aryl methyl sites for hydroxylation is 1. The minimum absolute atomic E-state index is 0.0498. The van der Waals surface area contributed by atoms with Gasteiger partial charge in [0.2, 0.25) is 5.95 Å². The molecule has 3 aromatic rings. The van der Waals surface area contributed by atoms with E-state index in [9.17, 15) is 4.79 Å². The number of aromatic nitrogens is 2. The highest BCUT2D eigenvalue weighted by Gasteiger charge is 2.04. The van der Waals surface area contributed by atoms with Crippen LogP contribution in [0.25, 0.3) is 0 Å². The number of nitrogens with one attached hydrogen (secondary N) is 2. The molecule has 0 aliphatic carbocycles. The number of nitrogens with zero attached hydrogens (tertiary/aromatic N) is 2. The monoisotopic (exact) mass is 318 g/mol. The standard InChI is InChI=1S/C19H18N4O/c1-13-12-18(21-17-10-8-15(9-11-17)14(2)24)23-19(20-13)22-16-6-4-3-5-7-16/h3-12H,1-2H3,(H2,20,21,22,23). The fourth-order valence-electron chi connectivity index (χ4n) is 2.28. The first-order valence-electron chi connectivity index (χ1n) is 7.66. The number of Topliss-reactive ketones (excluding diaryl/α,β-unsaturated/α-hetero) is 1. The quantitative estimate of drug-likeness (QED) is 0.679. The summed E-state index contributed by atoms with van der Waals surface area (Å²) in [5, 5.41) is 6.42. The third kappa shape index (κ3) is 3.95. The van der Waals surface area contributed by atoms with Gasteiger partial charge in [-0.05, 0) is 50.2 Å². The van der Waals surface area contributed by atoms with Gasteiger partial charge >= 0.3 is 0 Å². The van der Waals surface area contributed by atoms with Crippen LogP contribution in [0.5, 0.6) is 0 Å². The summed E-state index contributed by atoms with van der Waals surface area (Å²) in [6, 6.07) is 19.0. The average molecular weight is 318 g/mol. The van der Waals surface area contributed by atoms with Gasteiger partial charge in [-0.25, -0.2) is 4.98 Å². The molecule has 1 heterocycles. The Hall–Kier alpha value is -3.21. The fourth-order valence-corrected chi connectivity index (χ4v) is 2.28. The molecule has 2 N–H and O–H groups in total. The molecular weight excluding hydrogens is 300 g/mol. The van der Waals surface area contributed by atoms with Gasteiger partial charge in [-0.1, -0.05) is 18.2 Å². The maximum Gasteiger partial charge on any atom is 0.229 e. The van der Waals surface area contributed by atoms with Gasteiger partial charge in [0.05, 0.1) is 0 Å². The number of carbonyl (C=O) groups is 1. The van der Waals surface area contributed by atoms with Crippen molar-refractivity contribution in [2.75, 3.05) is 10.6 Å². The van der Waals surface area contributed by atoms with E-state index >= 15 is 0 Å². The lowest BCUT2D eigenvalue weighted by molar-refractivity contribution is 0.101. The molecule has 0 unspecified atom stereocenters. The number of hydrogen-bond donors (Lipinski definition) is 2.